The number of carbonyl (C=O) groups excluding carboxylic acids is 2. The smallest absolute Gasteiger partial charge is 0.339 e. The molecule has 3 aromatic rings. The first kappa shape index (κ1) is 24.5. The van der Waals surface area contributed by atoms with E-state index in [9.17, 15) is 19.5 Å². The molecule has 0 atom stereocenters. The molecule has 1 heterocycles. The van der Waals surface area contributed by atoms with Crippen LogP contribution in [0.15, 0.2) is 36.4 Å². The van der Waals surface area contributed by atoms with E-state index < -0.39 is 23.3 Å². The first-order valence-corrected chi connectivity index (χ1v) is 10.7. The second kappa shape index (κ2) is 9.38. The van der Waals surface area contributed by atoms with Crippen molar-refractivity contribution in [2.75, 3.05) is 12.3 Å². The molecular weight excluding hydrogens is 436 g/mol. The van der Waals surface area contributed by atoms with Crippen LogP contribution in [-0.2, 0) is 6.42 Å². The number of nitrogens with zero attached hydrogens (tertiary/aromatic N) is 1. The molecule has 1 aromatic heterocycles. The average Bonchev–Trinajstić information content (AvgIpc) is 2.76. The van der Waals surface area contributed by atoms with E-state index in [1.165, 1.54) is 12.1 Å². The number of nitrogens with one attached hydrogen (secondary N) is 1. The number of rotatable bonds is 8. The highest BCUT2D eigenvalue weighted by Gasteiger charge is 2.25. The lowest BCUT2D eigenvalue weighted by molar-refractivity contribution is 0.0696. The summed E-state index contributed by atoms with van der Waals surface area (Å²) in [6, 6.07) is 9.78. The van der Waals surface area contributed by atoms with E-state index in [1.807, 2.05) is 13.0 Å². The summed E-state index contributed by atoms with van der Waals surface area (Å²) in [5.41, 5.74) is 13.0. The number of carboxylic acids is 1. The van der Waals surface area contributed by atoms with Crippen molar-refractivity contribution in [3.63, 3.8) is 0 Å². The van der Waals surface area contributed by atoms with Gasteiger partial charge in [-0.2, -0.15) is 0 Å². The molecule has 3 rings (SSSR count). The molecule has 9 heteroatoms. The van der Waals surface area contributed by atoms with Crippen LogP contribution in [0, 0.1) is 6.92 Å². The summed E-state index contributed by atoms with van der Waals surface area (Å²) in [4.78, 5) is 40.4. The van der Waals surface area contributed by atoms with Crippen molar-refractivity contribution in [2.24, 2.45) is 5.73 Å². The highest BCUT2D eigenvalue weighted by atomic mass is 16.5. The molecule has 0 spiro atoms. The van der Waals surface area contributed by atoms with Gasteiger partial charge in [0.15, 0.2) is 0 Å². The number of anilines is 1. The molecule has 0 fully saturated rings. The van der Waals surface area contributed by atoms with Crippen LogP contribution < -0.4 is 21.5 Å². The number of fused-ring (bicyclic) bond motifs is 1. The minimum atomic E-state index is -1.16. The minimum Gasteiger partial charge on any atom is -0.490 e. The predicted molar refractivity (Wildman–Crippen MR) is 129 cm³/mol. The lowest BCUT2D eigenvalue weighted by atomic mass is 10.0. The second-order valence-electron chi connectivity index (χ2n) is 8.66. The van der Waals surface area contributed by atoms with Crippen LogP contribution in [0.5, 0.6) is 5.75 Å². The number of aryl methyl sites for hydroxylation is 2. The van der Waals surface area contributed by atoms with Crippen molar-refractivity contribution in [1.29, 1.82) is 0 Å². The largest absolute Gasteiger partial charge is 0.490 e. The van der Waals surface area contributed by atoms with Gasteiger partial charge in [0.05, 0.1) is 27.8 Å². The number of benzene rings is 2. The predicted octanol–water partition coefficient (Wildman–Crippen LogP) is 3.07. The molecule has 0 aliphatic carbocycles. The number of pyridine rings is 1. The van der Waals surface area contributed by atoms with Gasteiger partial charge in [0.1, 0.15) is 17.9 Å². The summed E-state index contributed by atoms with van der Waals surface area (Å²) < 4.78 is 6.16. The maximum absolute atomic E-state index is 12.8. The van der Waals surface area contributed by atoms with Crippen molar-refractivity contribution >= 4 is 34.4 Å². The number of aromatic carboxylic acids is 1. The maximum Gasteiger partial charge on any atom is 0.339 e. The van der Waals surface area contributed by atoms with E-state index in [4.69, 9.17) is 16.2 Å². The fourth-order valence-corrected chi connectivity index (χ4v) is 3.72. The van der Waals surface area contributed by atoms with Gasteiger partial charge >= 0.3 is 5.97 Å². The third-order valence-corrected chi connectivity index (χ3v) is 5.44. The first-order chi connectivity index (χ1) is 15.9. The molecule has 0 aliphatic heterocycles. The van der Waals surface area contributed by atoms with Crippen LogP contribution in [0.4, 0.5) is 5.69 Å². The molecule has 0 saturated carbocycles. The van der Waals surface area contributed by atoms with E-state index in [-0.39, 0.29) is 23.4 Å². The summed E-state index contributed by atoms with van der Waals surface area (Å²) in [7, 11) is 0. The summed E-state index contributed by atoms with van der Waals surface area (Å²) in [6.45, 7) is 7.18. The van der Waals surface area contributed by atoms with E-state index in [0.717, 1.165) is 5.56 Å². The minimum absolute atomic E-state index is 0.0625. The number of hydrogen-bond acceptors (Lipinski definition) is 6. The Balaban J connectivity index is 1.92. The van der Waals surface area contributed by atoms with Gasteiger partial charge in [-0.25, -0.2) is 4.79 Å². The molecule has 0 unspecified atom stereocenters. The van der Waals surface area contributed by atoms with Gasteiger partial charge in [0.25, 0.3) is 5.91 Å². The number of nitrogen functional groups attached to an aromatic ring is 1. The average molecular weight is 465 g/mol. The molecule has 0 aliphatic rings. The van der Waals surface area contributed by atoms with Gasteiger partial charge in [-0.05, 0) is 57.0 Å². The monoisotopic (exact) mass is 464 g/mol. The van der Waals surface area contributed by atoms with Crippen molar-refractivity contribution < 1.29 is 24.2 Å². The zero-order valence-corrected chi connectivity index (χ0v) is 19.6. The van der Waals surface area contributed by atoms with E-state index >= 15 is 0 Å². The van der Waals surface area contributed by atoms with Crippen LogP contribution >= 0.6 is 0 Å². The number of hydrogen-bond donors (Lipinski definition) is 4. The maximum atomic E-state index is 12.8. The van der Waals surface area contributed by atoms with Crippen molar-refractivity contribution in [3.05, 3.63) is 64.3 Å². The van der Waals surface area contributed by atoms with Gasteiger partial charge in [-0.15, -0.1) is 0 Å². The van der Waals surface area contributed by atoms with Crippen LogP contribution in [0.25, 0.3) is 10.9 Å². The summed E-state index contributed by atoms with van der Waals surface area (Å²) in [6.07, 6.45) is 0.619. The highest BCUT2D eigenvalue weighted by molar-refractivity contribution is 6.07. The van der Waals surface area contributed by atoms with Gasteiger partial charge < -0.3 is 26.6 Å². The quantitative estimate of drug-likeness (QED) is 0.399. The Kier molecular flexibility index (Phi) is 6.76. The number of amides is 2. The molecule has 2 amide bonds. The van der Waals surface area contributed by atoms with Crippen molar-refractivity contribution in [1.82, 2.24) is 10.3 Å². The standard InChI is InChI=1S/C25H28N4O5/c1-5-14-9-10-17-19(20(26)18(24(32)33)13(2)28-17)21(14)34-12-25(3,4)29-23(31)16-8-6-7-15(11-16)22(27)30/h6-11H,5,12H2,1-4H3,(H2,26,28)(H2,27,30)(H,29,31)(H,32,33). The molecule has 0 saturated heterocycles. The van der Waals surface area contributed by atoms with Crippen LogP contribution in [0.2, 0.25) is 0 Å². The van der Waals surface area contributed by atoms with E-state index in [1.54, 1.807) is 39.0 Å². The SMILES string of the molecule is CCc1ccc2nc(C)c(C(=O)O)c(N)c2c1OCC(C)(C)NC(=O)c1cccc(C(N)=O)c1. The number of aromatic nitrogens is 1. The van der Waals surface area contributed by atoms with Gasteiger partial charge in [-0.3, -0.25) is 14.6 Å². The molecule has 2 aromatic carbocycles. The van der Waals surface area contributed by atoms with Gasteiger partial charge in [0.2, 0.25) is 5.91 Å². The normalized spacial score (nSPS) is 11.3. The number of carbonyl (C=O) groups is 3. The van der Waals surface area contributed by atoms with Crippen LogP contribution in [-0.4, -0.2) is 40.0 Å². The zero-order valence-electron chi connectivity index (χ0n) is 19.6. The molecule has 9 nitrogen and oxygen atoms in total. The topological polar surface area (TPSA) is 158 Å². The zero-order chi connectivity index (χ0) is 25.2. The Morgan fingerprint density at radius 1 is 1.15 bits per heavy atom. The third kappa shape index (κ3) is 4.93. The third-order valence-electron chi connectivity index (χ3n) is 5.44. The Hall–Kier alpha value is -4.14. The lowest BCUT2D eigenvalue weighted by Gasteiger charge is -2.27. The first-order valence-electron chi connectivity index (χ1n) is 10.7. The second-order valence-corrected chi connectivity index (χ2v) is 8.66. The molecular formula is C25H28N4O5. The number of nitrogens with two attached hydrogens (primary N) is 2. The van der Waals surface area contributed by atoms with E-state index in [2.05, 4.69) is 10.3 Å². The van der Waals surface area contributed by atoms with Crippen LogP contribution in [0.1, 0.15) is 63.1 Å². The lowest BCUT2D eigenvalue weighted by Crippen LogP contribution is -2.48. The molecule has 178 valence electrons. The number of primary amides is 1. The Labute approximate surface area is 197 Å². The fraction of sp³-hybridized carbons (Fsp3) is 0.280. The number of carboxylic acid groups (broad SMARTS) is 1. The van der Waals surface area contributed by atoms with Gasteiger partial charge in [0, 0.05) is 11.1 Å². The highest BCUT2D eigenvalue weighted by Crippen LogP contribution is 2.37. The van der Waals surface area contributed by atoms with Crippen LogP contribution in [0.3, 0.4) is 0 Å². The fourth-order valence-electron chi connectivity index (χ4n) is 3.72. The Morgan fingerprint density at radius 2 is 1.82 bits per heavy atom. The molecule has 6 N–H and O–H groups in total. The van der Waals surface area contributed by atoms with E-state index in [0.29, 0.717) is 34.3 Å². The van der Waals surface area contributed by atoms with Crippen molar-refractivity contribution in [3.8, 4) is 5.75 Å². The summed E-state index contributed by atoms with van der Waals surface area (Å²) >= 11 is 0. The molecule has 34 heavy (non-hydrogen) atoms. The summed E-state index contributed by atoms with van der Waals surface area (Å²) in [5.74, 6) is -1.74. The Morgan fingerprint density at radius 3 is 2.44 bits per heavy atom. The molecule has 0 bridgehead atoms. The Bertz CT molecular complexity index is 1300. The van der Waals surface area contributed by atoms with Crippen molar-refractivity contribution in [2.45, 2.75) is 39.7 Å². The summed E-state index contributed by atoms with van der Waals surface area (Å²) in [5, 5.41) is 12.9. The molecule has 0 radical (unpaired) electrons. The number of ether oxygens (including phenoxy) is 1. The van der Waals surface area contributed by atoms with Gasteiger partial charge in [-0.1, -0.05) is 19.1 Å².